The van der Waals surface area contributed by atoms with Crippen molar-refractivity contribution in [2.45, 2.75) is 43.6 Å². The maximum Gasteiger partial charge on any atom is 0.175 e. The van der Waals surface area contributed by atoms with E-state index in [-0.39, 0.29) is 12.2 Å². The molecule has 0 spiro atoms. The van der Waals surface area contributed by atoms with Crippen molar-refractivity contribution in [3.63, 3.8) is 0 Å². The molecule has 2 aliphatic rings. The molecule has 0 unspecified atom stereocenters. The molecule has 2 aromatic rings. The minimum absolute atomic E-state index is 0.0234. The highest BCUT2D eigenvalue weighted by Crippen LogP contribution is 2.64. The SMILES string of the molecule is c1ccc([C@@H]2OP(C3CCCC3)O[C@H]2c2ccccc2)cc1. The average Bonchev–Trinajstić information content (AvgIpc) is 3.26. The van der Waals surface area contributed by atoms with Crippen molar-refractivity contribution in [2.24, 2.45) is 0 Å². The summed E-state index contributed by atoms with van der Waals surface area (Å²) < 4.78 is 12.9. The molecular formula is C19H21O2P. The van der Waals surface area contributed by atoms with Crippen molar-refractivity contribution < 1.29 is 9.05 Å². The number of hydrogen-bond acceptors (Lipinski definition) is 2. The predicted octanol–water partition coefficient (Wildman–Crippen LogP) is 5.77. The van der Waals surface area contributed by atoms with Gasteiger partial charge in [-0.05, 0) is 24.0 Å². The van der Waals surface area contributed by atoms with E-state index in [1.807, 2.05) is 0 Å². The molecule has 1 aliphatic carbocycles. The summed E-state index contributed by atoms with van der Waals surface area (Å²) in [6.07, 6.45) is 5.21. The highest BCUT2D eigenvalue weighted by molar-refractivity contribution is 7.48. The summed E-state index contributed by atoms with van der Waals surface area (Å²) in [7, 11) is -0.772. The molecule has 3 heteroatoms. The molecule has 0 amide bonds. The van der Waals surface area contributed by atoms with Crippen LogP contribution in [0.2, 0.25) is 0 Å². The van der Waals surface area contributed by atoms with Gasteiger partial charge >= 0.3 is 0 Å². The third-order valence-electron chi connectivity index (χ3n) is 4.59. The summed E-state index contributed by atoms with van der Waals surface area (Å²) in [5.41, 5.74) is 3.06. The van der Waals surface area contributed by atoms with Gasteiger partial charge in [0.2, 0.25) is 0 Å². The molecule has 1 saturated carbocycles. The van der Waals surface area contributed by atoms with Crippen LogP contribution in [-0.4, -0.2) is 5.66 Å². The van der Waals surface area contributed by atoms with E-state index < -0.39 is 8.38 Å². The molecule has 2 fully saturated rings. The van der Waals surface area contributed by atoms with E-state index in [1.165, 1.54) is 36.8 Å². The Labute approximate surface area is 133 Å². The van der Waals surface area contributed by atoms with Crippen LogP contribution in [0.1, 0.15) is 49.0 Å². The number of hydrogen-bond donors (Lipinski definition) is 0. The van der Waals surface area contributed by atoms with E-state index in [2.05, 4.69) is 60.7 Å². The second kappa shape index (κ2) is 6.50. The Morgan fingerprint density at radius 3 is 1.59 bits per heavy atom. The van der Waals surface area contributed by atoms with Crippen LogP contribution in [0.3, 0.4) is 0 Å². The lowest BCUT2D eigenvalue weighted by atomic mass is 9.99. The maximum absolute atomic E-state index is 6.44. The van der Waals surface area contributed by atoms with Crippen molar-refractivity contribution in [1.29, 1.82) is 0 Å². The van der Waals surface area contributed by atoms with E-state index in [1.54, 1.807) is 0 Å². The molecule has 0 aromatic heterocycles. The highest BCUT2D eigenvalue weighted by Gasteiger charge is 2.42. The van der Waals surface area contributed by atoms with Crippen molar-refractivity contribution in [3.05, 3.63) is 71.8 Å². The molecule has 2 atom stereocenters. The molecular weight excluding hydrogens is 291 g/mol. The second-order valence-electron chi connectivity index (χ2n) is 6.10. The van der Waals surface area contributed by atoms with Crippen LogP contribution in [0.4, 0.5) is 0 Å². The zero-order chi connectivity index (χ0) is 14.8. The Morgan fingerprint density at radius 2 is 1.14 bits per heavy atom. The van der Waals surface area contributed by atoms with Gasteiger partial charge in [-0.25, -0.2) is 0 Å². The molecule has 0 N–H and O–H groups in total. The first kappa shape index (κ1) is 14.4. The van der Waals surface area contributed by atoms with E-state index in [4.69, 9.17) is 9.05 Å². The van der Waals surface area contributed by atoms with Gasteiger partial charge in [0.25, 0.3) is 0 Å². The first-order valence-electron chi connectivity index (χ1n) is 8.14. The summed E-state index contributed by atoms with van der Waals surface area (Å²) in [5, 5.41) is 0. The average molecular weight is 312 g/mol. The van der Waals surface area contributed by atoms with Gasteiger partial charge < -0.3 is 9.05 Å². The van der Waals surface area contributed by atoms with Crippen LogP contribution < -0.4 is 0 Å². The van der Waals surface area contributed by atoms with Crippen molar-refractivity contribution >= 4 is 8.38 Å². The molecule has 1 heterocycles. The zero-order valence-corrected chi connectivity index (χ0v) is 13.5. The first-order chi connectivity index (χ1) is 10.9. The van der Waals surface area contributed by atoms with Gasteiger partial charge in [0, 0.05) is 5.66 Å². The first-order valence-corrected chi connectivity index (χ1v) is 9.39. The summed E-state index contributed by atoms with van der Waals surface area (Å²) in [5.74, 6) is 0. The summed E-state index contributed by atoms with van der Waals surface area (Å²) in [6.45, 7) is 0. The van der Waals surface area contributed by atoms with Crippen LogP contribution in [0, 0.1) is 0 Å². The Balaban J connectivity index is 1.63. The van der Waals surface area contributed by atoms with Crippen LogP contribution >= 0.6 is 8.38 Å². The molecule has 0 bridgehead atoms. The fourth-order valence-corrected chi connectivity index (χ4v) is 5.50. The van der Waals surface area contributed by atoms with E-state index in [0.717, 1.165) is 0 Å². The Bertz CT molecular complexity index is 548. The lowest BCUT2D eigenvalue weighted by molar-refractivity contribution is 0.159. The topological polar surface area (TPSA) is 18.5 Å². The Kier molecular flexibility index (Phi) is 4.25. The van der Waals surface area contributed by atoms with Crippen LogP contribution in [0.5, 0.6) is 0 Å². The summed E-state index contributed by atoms with van der Waals surface area (Å²) in [4.78, 5) is 0. The quantitative estimate of drug-likeness (QED) is 0.670. The zero-order valence-electron chi connectivity index (χ0n) is 12.6. The molecule has 1 saturated heterocycles. The highest BCUT2D eigenvalue weighted by atomic mass is 31.2. The van der Waals surface area contributed by atoms with Crippen LogP contribution in [-0.2, 0) is 9.05 Å². The Morgan fingerprint density at radius 1 is 0.682 bits per heavy atom. The van der Waals surface area contributed by atoms with Crippen molar-refractivity contribution in [3.8, 4) is 0 Å². The normalized spacial score (nSPS) is 26.5. The minimum atomic E-state index is -0.772. The van der Waals surface area contributed by atoms with Gasteiger partial charge in [0.05, 0.1) is 0 Å². The van der Waals surface area contributed by atoms with Gasteiger partial charge in [-0.1, -0.05) is 73.5 Å². The van der Waals surface area contributed by atoms with Crippen molar-refractivity contribution in [1.82, 2.24) is 0 Å². The second-order valence-corrected chi connectivity index (χ2v) is 7.82. The van der Waals surface area contributed by atoms with Gasteiger partial charge in [0.15, 0.2) is 8.38 Å². The van der Waals surface area contributed by atoms with Crippen molar-refractivity contribution in [2.75, 3.05) is 0 Å². The van der Waals surface area contributed by atoms with E-state index in [9.17, 15) is 0 Å². The van der Waals surface area contributed by atoms with E-state index in [0.29, 0.717) is 5.66 Å². The molecule has 4 rings (SSSR count). The number of rotatable bonds is 3. The molecule has 22 heavy (non-hydrogen) atoms. The lowest BCUT2D eigenvalue weighted by Crippen LogP contribution is -2.06. The van der Waals surface area contributed by atoms with Gasteiger partial charge in [-0.2, -0.15) is 0 Å². The number of benzene rings is 2. The summed E-state index contributed by atoms with van der Waals surface area (Å²) >= 11 is 0. The smallest absolute Gasteiger partial charge is 0.175 e. The third kappa shape index (κ3) is 2.84. The minimum Gasteiger partial charge on any atom is -0.322 e. The molecule has 2 aromatic carbocycles. The fourth-order valence-electron chi connectivity index (χ4n) is 3.40. The van der Waals surface area contributed by atoms with Gasteiger partial charge in [0.1, 0.15) is 12.2 Å². The maximum atomic E-state index is 6.44. The molecule has 2 nitrogen and oxygen atoms in total. The predicted molar refractivity (Wildman–Crippen MR) is 89.7 cm³/mol. The van der Waals surface area contributed by atoms with Gasteiger partial charge in [-0.3, -0.25) is 0 Å². The fraction of sp³-hybridized carbons (Fsp3) is 0.368. The van der Waals surface area contributed by atoms with Crippen LogP contribution in [0.25, 0.3) is 0 Å². The lowest BCUT2D eigenvalue weighted by Gasteiger charge is -2.16. The standard InChI is InChI=1S/C19H21O2P/c1-3-9-15(10-4-1)18-19(16-11-5-2-6-12-16)21-22(20-18)17-13-7-8-14-17/h1-6,9-12,17-19H,7-8,13-14H2/t18-,19-/m0/s1. The van der Waals surface area contributed by atoms with Crippen LogP contribution in [0.15, 0.2) is 60.7 Å². The van der Waals surface area contributed by atoms with Gasteiger partial charge in [-0.15, -0.1) is 0 Å². The summed E-state index contributed by atoms with van der Waals surface area (Å²) in [6, 6.07) is 21.0. The molecule has 114 valence electrons. The Hall–Kier alpha value is -1.21. The van der Waals surface area contributed by atoms with E-state index >= 15 is 0 Å². The largest absolute Gasteiger partial charge is 0.322 e. The monoisotopic (exact) mass is 312 g/mol. The molecule has 1 aliphatic heterocycles. The molecule has 0 radical (unpaired) electrons. The third-order valence-corrected chi connectivity index (χ3v) is 6.57.